The van der Waals surface area contributed by atoms with Gasteiger partial charge in [-0.15, -0.1) is 0 Å². The van der Waals surface area contributed by atoms with Crippen molar-refractivity contribution in [3.8, 4) is 0 Å². The Kier molecular flexibility index (Phi) is 7.28. The Morgan fingerprint density at radius 3 is 2.67 bits per heavy atom. The third kappa shape index (κ3) is 5.36. The molecule has 0 saturated heterocycles. The van der Waals surface area contributed by atoms with Gasteiger partial charge in [0.15, 0.2) is 0 Å². The lowest BCUT2D eigenvalue weighted by Gasteiger charge is -2.30. The molecule has 3 N–H and O–H groups in total. The Morgan fingerprint density at radius 1 is 1.39 bits per heavy atom. The summed E-state index contributed by atoms with van der Waals surface area (Å²) in [6.45, 7) is 3.53. The Balaban J connectivity index is 2.20. The van der Waals surface area contributed by atoms with Crippen LogP contribution in [0, 0.1) is 11.8 Å². The van der Waals surface area contributed by atoms with Crippen LogP contribution in [-0.4, -0.2) is 32.2 Å². The zero-order chi connectivity index (χ0) is 13.4. The fourth-order valence-electron chi connectivity index (χ4n) is 2.65. The Labute approximate surface area is 111 Å². The number of amides is 1. The van der Waals surface area contributed by atoms with Gasteiger partial charge in [-0.2, -0.15) is 0 Å². The van der Waals surface area contributed by atoms with Crippen molar-refractivity contribution in [2.45, 2.75) is 51.6 Å². The highest BCUT2D eigenvalue weighted by molar-refractivity contribution is 5.75. The number of rotatable bonds is 7. The van der Waals surface area contributed by atoms with Crippen LogP contribution in [0.4, 0.5) is 0 Å². The van der Waals surface area contributed by atoms with Crippen molar-refractivity contribution in [3.05, 3.63) is 0 Å². The standard InChI is InChI=1S/C14H28N2O2/c1-11(18-2)7-8-14(17)16-10-13-6-4-3-5-12(13)9-15/h11-13H,3-10,15H2,1-2H3,(H,16,17). The number of nitrogens with two attached hydrogens (primary N) is 1. The van der Waals surface area contributed by atoms with Gasteiger partial charge in [0.05, 0.1) is 6.10 Å². The summed E-state index contributed by atoms with van der Waals surface area (Å²) in [6.07, 6.45) is 6.48. The van der Waals surface area contributed by atoms with Crippen molar-refractivity contribution in [3.63, 3.8) is 0 Å². The van der Waals surface area contributed by atoms with Crippen LogP contribution in [0.5, 0.6) is 0 Å². The van der Waals surface area contributed by atoms with Crippen molar-refractivity contribution in [1.82, 2.24) is 5.32 Å². The molecule has 1 amide bonds. The average Bonchev–Trinajstić information content (AvgIpc) is 2.42. The second-order valence-corrected chi connectivity index (χ2v) is 5.43. The van der Waals surface area contributed by atoms with Gasteiger partial charge in [0.2, 0.25) is 5.91 Å². The molecule has 3 unspecified atom stereocenters. The predicted molar refractivity (Wildman–Crippen MR) is 73.2 cm³/mol. The van der Waals surface area contributed by atoms with Crippen molar-refractivity contribution in [1.29, 1.82) is 0 Å². The van der Waals surface area contributed by atoms with E-state index in [0.29, 0.717) is 18.3 Å². The van der Waals surface area contributed by atoms with Crippen molar-refractivity contribution in [2.24, 2.45) is 17.6 Å². The van der Waals surface area contributed by atoms with Gasteiger partial charge in [-0.1, -0.05) is 12.8 Å². The van der Waals surface area contributed by atoms with Gasteiger partial charge in [0.25, 0.3) is 0 Å². The molecule has 0 aromatic heterocycles. The quantitative estimate of drug-likeness (QED) is 0.728. The third-order valence-corrected chi connectivity index (χ3v) is 4.11. The maximum Gasteiger partial charge on any atom is 0.220 e. The van der Waals surface area contributed by atoms with Gasteiger partial charge in [0, 0.05) is 20.1 Å². The Hall–Kier alpha value is -0.610. The highest BCUT2D eigenvalue weighted by Crippen LogP contribution is 2.28. The maximum absolute atomic E-state index is 11.7. The first-order chi connectivity index (χ1) is 8.67. The summed E-state index contributed by atoms with van der Waals surface area (Å²) in [6, 6.07) is 0. The van der Waals surface area contributed by atoms with Gasteiger partial charge < -0.3 is 15.8 Å². The Morgan fingerprint density at radius 2 is 2.06 bits per heavy atom. The molecule has 1 aliphatic rings. The first-order valence-corrected chi connectivity index (χ1v) is 7.17. The first-order valence-electron chi connectivity index (χ1n) is 7.17. The summed E-state index contributed by atoms with van der Waals surface area (Å²) < 4.78 is 5.13. The van der Waals surface area contributed by atoms with Crippen LogP contribution in [0.25, 0.3) is 0 Å². The molecule has 1 rings (SSSR count). The van der Waals surface area contributed by atoms with Gasteiger partial charge in [-0.05, 0) is 44.6 Å². The molecule has 18 heavy (non-hydrogen) atoms. The fourth-order valence-corrected chi connectivity index (χ4v) is 2.65. The van der Waals surface area contributed by atoms with E-state index in [9.17, 15) is 4.79 Å². The van der Waals surface area contributed by atoms with Crippen LogP contribution >= 0.6 is 0 Å². The van der Waals surface area contributed by atoms with E-state index in [1.165, 1.54) is 25.7 Å². The minimum atomic E-state index is 0.139. The fraction of sp³-hybridized carbons (Fsp3) is 0.929. The maximum atomic E-state index is 11.7. The Bertz CT molecular complexity index is 246. The van der Waals surface area contributed by atoms with E-state index < -0.39 is 0 Å². The highest BCUT2D eigenvalue weighted by Gasteiger charge is 2.24. The molecule has 4 nitrogen and oxygen atoms in total. The van der Waals surface area contributed by atoms with Gasteiger partial charge >= 0.3 is 0 Å². The van der Waals surface area contributed by atoms with Crippen molar-refractivity contribution in [2.75, 3.05) is 20.2 Å². The van der Waals surface area contributed by atoms with Crippen molar-refractivity contribution < 1.29 is 9.53 Å². The number of hydrogen-bond donors (Lipinski definition) is 2. The van der Waals surface area contributed by atoms with E-state index in [-0.39, 0.29) is 12.0 Å². The lowest BCUT2D eigenvalue weighted by molar-refractivity contribution is -0.122. The molecule has 0 aromatic carbocycles. The lowest BCUT2D eigenvalue weighted by atomic mass is 9.79. The number of ether oxygens (including phenoxy) is 1. The first kappa shape index (κ1) is 15.4. The topological polar surface area (TPSA) is 64.3 Å². The number of hydrogen-bond acceptors (Lipinski definition) is 3. The SMILES string of the molecule is COC(C)CCC(=O)NCC1CCCCC1CN. The lowest BCUT2D eigenvalue weighted by Crippen LogP contribution is -2.37. The summed E-state index contributed by atoms with van der Waals surface area (Å²) in [5.74, 6) is 1.31. The summed E-state index contributed by atoms with van der Waals surface area (Å²) in [5.41, 5.74) is 5.79. The molecule has 3 atom stereocenters. The van der Waals surface area contributed by atoms with Crippen LogP contribution in [-0.2, 0) is 9.53 Å². The number of carbonyl (C=O) groups is 1. The largest absolute Gasteiger partial charge is 0.382 e. The summed E-state index contributed by atoms with van der Waals surface area (Å²) in [5, 5.41) is 3.05. The van der Waals surface area contributed by atoms with E-state index in [2.05, 4.69) is 5.32 Å². The van der Waals surface area contributed by atoms with E-state index >= 15 is 0 Å². The minimum absolute atomic E-state index is 0.139. The molecule has 1 fully saturated rings. The molecule has 0 radical (unpaired) electrons. The molecule has 0 spiro atoms. The molecule has 1 saturated carbocycles. The van der Waals surface area contributed by atoms with Crippen LogP contribution in [0.2, 0.25) is 0 Å². The molecule has 4 heteroatoms. The molecule has 1 aliphatic carbocycles. The smallest absolute Gasteiger partial charge is 0.220 e. The van der Waals surface area contributed by atoms with Gasteiger partial charge in [0.1, 0.15) is 0 Å². The second-order valence-electron chi connectivity index (χ2n) is 5.43. The normalized spacial score (nSPS) is 25.7. The van der Waals surface area contributed by atoms with Gasteiger partial charge in [-0.25, -0.2) is 0 Å². The number of methoxy groups -OCH3 is 1. The highest BCUT2D eigenvalue weighted by atomic mass is 16.5. The molecule has 0 aliphatic heterocycles. The summed E-state index contributed by atoms with van der Waals surface area (Å²) in [7, 11) is 1.68. The minimum Gasteiger partial charge on any atom is -0.382 e. The second kappa shape index (κ2) is 8.48. The summed E-state index contributed by atoms with van der Waals surface area (Å²) >= 11 is 0. The molecule has 106 valence electrons. The molecular formula is C14H28N2O2. The number of carbonyl (C=O) groups excluding carboxylic acids is 1. The molecule has 0 bridgehead atoms. The van der Waals surface area contributed by atoms with Crippen LogP contribution in [0.15, 0.2) is 0 Å². The molecular weight excluding hydrogens is 228 g/mol. The monoisotopic (exact) mass is 256 g/mol. The zero-order valence-corrected chi connectivity index (χ0v) is 11.8. The predicted octanol–water partition coefficient (Wildman–Crippen LogP) is 1.68. The summed E-state index contributed by atoms with van der Waals surface area (Å²) in [4.78, 5) is 11.7. The van der Waals surface area contributed by atoms with Gasteiger partial charge in [-0.3, -0.25) is 4.79 Å². The average molecular weight is 256 g/mol. The van der Waals surface area contributed by atoms with Crippen LogP contribution < -0.4 is 11.1 Å². The zero-order valence-electron chi connectivity index (χ0n) is 11.8. The van der Waals surface area contributed by atoms with Crippen LogP contribution in [0.3, 0.4) is 0 Å². The molecule has 0 heterocycles. The van der Waals surface area contributed by atoms with Crippen molar-refractivity contribution >= 4 is 5.91 Å². The van der Waals surface area contributed by atoms with E-state index in [1.54, 1.807) is 7.11 Å². The molecule has 0 aromatic rings. The van der Waals surface area contributed by atoms with E-state index in [1.807, 2.05) is 6.92 Å². The van der Waals surface area contributed by atoms with E-state index in [4.69, 9.17) is 10.5 Å². The third-order valence-electron chi connectivity index (χ3n) is 4.11. The van der Waals surface area contributed by atoms with Crippen LogP contribution in [0.1, 0.15) is 45.4 Å². The van der Waals surface area contributed by atoms with E-state index in [0.717, 1.165) is 19.5 Å². The number of nitrogens with one attached hydrogen (secondary N) is 1.